The first-order valence-electron chi connectivity index (χ1n) is 8.51. The molecular formula is C18H25FN2O3. The second-order valence-electron chi connectivity index (χ2n) is 6.44. The Hall–Kier alpha value is -1.95. The molecule has 5 nitrogen and oxygen atoms in total. The van der Waals surface area contributed by atoms with E-state index < -0.39 is 17.3 Å². The van der Waals surface area contributed by atoms with E-state index in [1.807, 2.05) is 13.8 Å². The summed E-state index contributed by atoms with van der Waals surface area (Å²) in [7, 11) is 0. The maximum absolute atomic E-state index is 14.2. The van der Waals surface area contributed by atoms with Crippen LogP contribution in [-0.2, 0) is 11.2 Å². The van der Waals surface area contributed by atoms with Crippen molar-refractivity contribution < 1.29 is 19.1 Å². The zero-order valence-corrected chi connectivity index (χ0v) is 14.2. The number of nitrogens with one attached hydrogen (secondary N) is 2. The van der Waals surface area contributed by atoms with E-state index in [0.717, 1.165) is 18.4 Å². The summed E-state index contributed by atoms with van der Waals surface area (Å²) in [6.45, 7) is 4.04. The molecule has 24 heavy (non-hydrogen) atoms. The third kappa shape index (κ3) is 4.32. The fraction of sp³-hybridized carbons (Fsp3) is 0.556. The number of rotatable bonds is 7. The van der Waals surface area contributed by atoms with Crippen molar-refractivity contribution in [1.82, 2.24) is 5.32 Å². The maximum atomic E-state index is 14.2. The van der Waals surface area contributed by atoms with Crippen LogP contribution in [0.2, 0.25) is 0 Å². The van der Waals surface area contributed by atoms with Crippen LogP contribution in [0.1, 0.15) is 61.9 Å². The van der Waals surface area contributed by atoms with Crippen LogP contribution >= 0.6 is 0 Å². The van der Waals surface area contributed by atoms with Gasteiger partial charge in [0.05, 0.1) is 11.2 Å². The summed E-state index contributed by atoms with van der Waals surface area (Å²) in [6, 6.07) is 2.67. The molecule has 0 saturated heterocycles. The minimum atomic E-state index is -0.960. The normalized spacial score (nSPS) is 14.1. The van der Waals surface area contributed by atoms with E-state index >= 15 is 0 Å². The number of hydrogen-bond acceptors (Lipinski definition) is 3. The maximum Gasteiger partial charge on any atom is 0.254 e. The minimum absolute atomic E-state index is 0.0553. The highest BCUT2D eigenvalue weighted by molar-refractivity contribution is 5.98. The van der Waals surface area contributed by atoms with Gasteiger partial charge in [-0.05, 0) is 37.0 Å². The van der Waals surface area contributed by atoms with Gasteiger partial charge in [0.1, 0.15) is 5.82 Å². The molecule has 1 aliphatic rings. The molecule has 1 aromatic rings. The molecule has 1 heterocycles. The topological polar surface area (TPSA) is 78.4 Å². The first-order valence-corrected chi connectivity index (χ1v) is 8.51. The number of halogens is 1. The number of carbonyl (C=O) groups is 2. The van der Waals surface area contributed by atoms with Gasteiger partial charge in [-0.2, -0.15) is 0 Å². The summed E-state index contributed by atoms with van der Waals surface area (Å²) in [5.74, 6) is -1.37. The molecule has 3 N–H and O–H groups in total. The molecule has 0 unspecified atom stereocenters. The summed E-state index contributed by atoms with van der Waals surface area (Å²) < 4.78 is 14.2. The lowest BCUT2D eigenvalue weighted by Crippen LogP contribution is -2.43. The van der Waals surface area contributed by atoms with Gasteiger partial charge in [0, 0.05) is 18.7 Å². The van der Waals surface area contributed by atoms with Crippen LogP contribution < -0.4 is 10.6 Å². The SMILES string of the molecule is CCCC(O)(CCC)CNC(=O)c1cc2c(cc1F)NC(=O)CC2. The Kier molecular flexibility index (Phi) is 5.94. The van der Waals surface area contributed by atoms with Gasteiger partial charge in [-0.1, -0.05) is 26.7 Å². The van der Waals surface area contributed by atoms with Gasteiger partial charge in [-0.15, -0.1) is 0 Å². The van der Waals surface area contributed by atoms with Crippen molar-refractivity contribution in [2.75, 3.05) is 11.9 Å². The van der Waals surface area contributed by atoms with Gasteiger partial charge in [0.2, 0.25) is 5.91 Å². The predicted octanol–water partition coefficient (Wildman–Crippen LogP) is 2.77. The largest absolute Gasteiger partial charge is 0.388 e. The van der Waals surface area contributed by atoms with Crippen molar-refractivity contribution in [3.05, 3.63) is 29.1 Å². The van der Waals surface area contributed by atoms with Gasteiger partial charge >= 0.3 is 0 Å². The molecule has 0 bridgehead atoms. The van der Waals surface area contributed by atoms with Crippen molar-refractivity contribution in [3.8, 4) is 0 Å². The Morgan fingerprint density at radius 2 is 1.96 bits per heavy atom. The summed E-state index contributed by atoms with van der Waals surface area (Å²) >= 11 is 0. The van der Waals surface area contributed by atoms with Crippen molar-refractivity contribution in [2.45, 2.75) is 58.0 Å². The molecule has 2 rings (SSSR count). The fourth-order valence-corrected chi connectivity index (χ4v) is 3.15. The summed E-state index contributed by atoms with van der Waals surface area (Å²) in [5.41, 5.74) is 0.158. The lowest BCUT2D eigenvalue weighted by Gasteiger charge is -2.28. The molecule has 0 atom stereocenters. The predicted molar refractivity (Wildman–Crippen MR) is 90.4 cm³/mol. The Morgan fingerprint density at radius 3 is 2.58 bits per heavy atom. The standard InChI is InChI=1S/C18H25FN2O3/c1-3-7-18(24,8-4-2)11-20-17(23)13-9-12-5-6-16(22)21-15(12)10-14(13)19/h9-10,24H,3-8,11H2,1-2H3,(H,20,23)(H,21,22). The number of fused-ring (bicyclic) bond motifs is 1. The van der Waals surface area contributed by atoms with Crippen LogP contribution in [0.25, 0.3) is 0 Å². The molecule has 0 aromatic heterocycles. The van der Waals surface area contributed by atoms with Crippen LogP contribution in [0.3, 0.4) is 0 Å². The molecule has 0 aliphatic carbocycles. The van der Waals surface area contributed by atoms with Gasteiger partial charge in [-0.3, -0.25) is 9.59 Å². The quantitative estimate of drug-likeness (QED) is 0.716. The van der Waals surface area contributed by atoms with Gasteiger partial charge < -0.3 is 15.7 Å². The highest BCUT2D eigenvalue weighted by Crippen LogP contribution is 2.26. The molecular weight excluding hydrogens is 311 g/mol. The Bertz CT molecular complexity index is 625. The number of hydrogen-bond donors (Lipinski definition) is 3. The molecule has 0 fully saturated rings. The van der Waals surface area contributed by atoms with Gasteiger partial charge in [-0.25, -0.2) is 4.39 Å². The number of anilines is 1. The Labute approximate surface area is 141 Å². The first-order chi connectivity index (χ1) is 11.4. The monoisotopic (exact) mass is 336 g/mol. The first kappa shape index (κ1) is 18.4. The van der Waals surface area contributed by atoms with Gasteiger partial charge in [0.25, 0.3) is 5.91 Å². The van der Waals surface area contributed by atoms with Crippen molar-refractivity contribution >= 4 is 17.5 Å². The second kappa shape index (κ2) is 7.75. The van der Waals surface area contributed by atoms with E-state index in [1.165, 1.54) is 12.1 Å². The van der Waals surface area contributed by atoms with E-state index in [4.69, 9.17) is 0 Å². The lowest BCUT2D eigenvalue weighted by molar-refractivity contribution is -0.116. The second-order valence-corrected chi connectivity index (χ2v) is 6.44. The number of aryl methyl sites for hydroxylation is 1. The Balaban J connectivity index is 2.11. The summed E-state index contributed by atoms with van der Waals surface area (Å²) in [6.07, 6.45) is 3.59. The number of benzene rings is 1. The number of carbonyl (C=O) groups excluding carboxylic acids is 2. The van der Waals surface area contributed by atoms with Crippen LogP contribution in [0.5, 0.6) is 0 Å². The van der Waals surface area contributed by atoms with Crippen LogP contribution in [0.4, 0.5) is 10.1 Å². The molecule has 0 radical (unpaired) electrons. The van der Waals surface area contributed by atoms with E-state index in [2.05, 4.69) is 10.6 Å². The zero-order chi connectivity index (χ0) is 17.7. The lowest BCUT2D eigenvalue weighted by atomic mass is 9.92. The van der Waals surface area contributed by atoms with E-state index in [0.29, 0.717) is 31.4 Å². The number of aliphatic hydroxyl groups is 1. The average Bonchev–Trinajstić information content (AvgIpc) is 2.52. The van der Waals surface area contributed by atoms with Crippen molar-refractivity contribution in [3.63, 3.8) is 0 Å². The summed E-state index contributed by atoms with van der Waals surface area (Å²) in [5, 5.41) is 15.8. The zero-order valence-electron chi connectivity index (χ0n) is 14.2. The van der Waals surface area contributed by atoms with Crippen molar-refractivity contribution in [1.29, 1.82) is 0 Å². The molecule has 6 heteroatoms. The minimum Gasteiger partial charge on any atom is -0.388 e. The van der Waals surface area contributed by atoms with Crippen LogP contribution in [0.15, 0.2) is 12.1 Å². The van der Waals surface area contributed by atoms with Crippen molar-refractivity contribution in [2.24, 2.45) is 0 Å². The van der Waals surface area contributed by atoms with E-state index in [1.54, 1.807) is 0 Å². The highest BCUT2D eigenvalue weighted by Gasteiger charge is 2.27. The fourth-order valence-electron chi connectivity index (χ4n) is 3.15. The smallest absolute Gasteiger partial charge is 0.254 e. The average molecular weight is 336 g/mol. The molecule has 1 aromatic carbocycles. The van der Waals surface area contributed by atoms with E-state index in [9.17, 15) is 19.1 Å². The highest BCUT2D eigenvalue weighted by atomic mass is 19.1. The summed E-state index contributed by atoms with van der Waals surface area (Å²) in [4.78, 5) is 23.7. The van der Waals surface area contributed by atoms with E-state index in [-0.39, 0.29) is 18.0 Å². The molecule has 0 saturated carbocycles. The van der Waals surface area contributed by atoms with Gasteiger partial charge in [0.15, 0.2) is 0 Å². The molecule has 1 aliphatic heterocycles. The molecule has 132 valence electrons. The molecule has 0 spiro atoms. The van der Waals surface area contributed by atoms with Crippen LogP contribution in [0, 0.1) is 5.82 Å². The van der Waals surface area contributed by atoms with Crippen LogP contribution in [-0.4, -0.2) is 29.1 Å². The number of amides is 2. The third-order valence-corrected chi connectivity index (χ3v) is 4.34. The molecule has 2 amide bonds. The Morgan fingerprint density at radius 1 is 1.29 bits per heavy atom. The third-order valence-electron chi connectivity index (χ3n) is 4.34.